The maximum Gasteiger partial charge on any atom is 0.232 e. The van der Waals surface area contributed by atoms with Crippen LogP contribution in [0.4, 0.5) is 0 Å². The summed E-state index contributed by atoms with van der Waals surface area (Å²) in [4.78, 5) is 16.2. The van der Waals surface area contributed by atoms with Crippen LogP contribution >= 0.6 is 11.6 Å². The number of amides is 1. The highest BCUT2D eigenvalue weighted by Gasteiger charge is 2.21. The molecule has 0 atom stereocenters. The number of nitrogens with zero attached hydrogens (tertiary/aromatic N) is 2. The predicted octanol–water partition coefficient (Wildman–Crippen LogP) is 3.31. The lowest BCUT2D eigenvalue weighted by molar-refractivity contribution is -0.121. The molecule has 0 spiro atoms. The molecular weight excluding hydrogens is 314 g/mol. The topological polar surface area (TPSA) is 68.0 Å². The molecule has 0 radical (unpaired) electrons. The van der Waals surface area contributed by atoms with Gasteiger partial charge in [0.15, 0.2) is 5.82 Å². The van der Waals surface area contributed by atoms with Gasteiger partial charge >= 0.3 is 0 Å². The minimum absolute atomic E-state index is 0.00976. The maximum absolute atomic E-state index is 11.9. The molecule has 2 rings (SSSR count). The second kappa shape index (κ2) is 7.59. The first-order valence-electron chi connectivity index (χ1n) is 7.69. The van der Waals surface area contributed by atoms with Crippen molar-refractivity contribution in [3.63, 3.8) is 0 Å². The lowest BCUT2D eigenvalue weighted by Crippen LogP contribution is -2.26. The van der Waals surface area contributed by atoms with Crippen molar-refractivity contribution in [1.29, 1.82) is 0 Å². The first-order valence-corrected chi connectivity index (χ1v) is 8.07. The molecule has 0 fully saturated rings. The van der Waals surface area contributed by atoms with Crippen molar-refractivity contribution < 1.29 is 9.32 Å². The Kier molecular flexibility index (Phi) is 5.77. The Labute approximate surface area is 141 Å². The number of hydrogen-bond donors (Lipinski definition) is 1. The van der Waals surface area contributed by atoms with Crippen LogP contribution in [0.2, 0.25) is 5.02 Å². The monoisotopic (exact) mass is 335 g/mol. The van der Waals surface area contributed by atoms with Gasteiger partial charge in [0.2, 0.25) is 11.8 Å². The SMILES string of the molecule is CC(C)(C)c1nc(CCNC(=O)CCc2ccccc2Cl)no1. The summed E-state index contributed by atoms with van der Waals surface area (Å²) in [7, 11) is 0. The van der Waals surface area contributed by atoms with Crippen molar-refractivity contribution in [3.05, 3.63) is 46.6 Å². The van der Waals surface area contributed by atoms with Crippen molar-refractivity contribution in [1.82, 2.24) is 15.5 Å². The Hall–Kier alpha value is -1.88. The number of nitrogens with one attached hydrogen (secondary N) is 1. The third-order valence-electron chi connectivity index (χ3n) is 3.36. The molecule has 1 amide bonds. The Balaban J connectivity index is 1.73. The lowest BCUT2D eigenvalue weighted by atomic mass is 9.97. The van der Waals surface area contributed by atoms with E-state index in [1.54, 1.807) is 0 Å². The van der Waals surface area contributed by atoms with Gasteiger partial charge in [-0.05, 0) is 18.1 Å². The number of rotatable bonds is 6. The van der Waals surface area contributed by atoms with Gasteiger partial charge in [-0.2, -0.15) is 4.98 Å². The van der Waals surface area contributed by atoms with E-state index in [1.807, 2.05) is 45.0 Å². The van der Waals surface area contributed by atoms with E-state index in [0.29, 0.717) is 42.5 Å². The van der Waals surface area contributed by atoms with Gasteiger partial charge in [-0.15, -0.1) is 0 Å². The van der Waals surface area contributed by atoms with E-state index in [4.69, 9.17) is 16.1 Å². The van der Waals surface area contributed by atoms with Gasteiger partial charge in [0, 0.05) is 29.8 Å². The van der Waals surface area contributed by atoms with Gasteiger partial charge in [0.25, 0.3) is 0 Å². The molecule has 5 nitrogen and oxygen atoms in total. The van der Waals surface area contributed by atoms with Gasteiger partial charge in [0.05, 0.1) is 0 Å². The smallest absolute Gasteiger partial charge is 0.232 e. The summed E-state index contributed by atoms with van der Waals surface area (Å²) in [5, 5.41) is 7.49. The molecule has 0 saturated carbocycles. The Morgan fingerprint density at radius 2 is 2.00 bits per heavy atom. The molecular formula is C17H22ClN3O2. The third-order valence-corrected chi connectivity index (χ3v) is 3.73. The first-order chi connectivity index (χ1) is 10.9. The molecule has 0 aliphatic carbocycles. The van der Waals surface area contributed by atoms with E-state index in [2.05, 4.69) is 15.5 Å². The molecule has 0 saturated heterocycles. The van der Waals surface area contributed by atoms with Crippen LogP contribution in [0.3, 0.4) is 0 Å². The van der Waals surface area contributed by atoms with E-state index >= 15 is 0 Å². The number of hydrogen-bond acceptors (Lipinski definition) is 4. The molecule has 1 N–H and O–H groups in total. The van der Waals surface area contributed by atoms with E-state index in [9.17, 15) is 4.79 Å². The second-order valence-corrected chi connectivity index (χ2v) is 6.86. The average Bonchev–Trinajstić information content (AvgIpc) is 2.95. The molecule has 2 aromatic rings. The van der Waals surface area contributed by atoms with Crippen molar-refractivity contribution >= 4 is 17.5 Å². The maximum atomic E-state index is 11.9. The lowest BCUT2D eigenvalue weighted by Gasteiger charge is -2.10. The van der Waals surface area contributed by atoms with Gasteiger partial charge < -0.3 is 9.84 Å². The van der Waals surface area contributed by atoms with Crippen LogP contribution in [0, 0.1) is 0 Å². The number of carbonyl (C=O) groups is 1. The van der Waals surface area contributed by atoms with Crippen LogP contribution in [-0.4, -0.2) is 22.6 Å². The van der Waals surface area contributed by atoms with E-state index < -0.39 is 0 Å². The first kappa shape index (κ1) is 17.5. The van der Waals surface area contributed by atoms with Gasteiger partial charge in [-0.3, -0.25) is 4.79 Å². The van der Waals surface area contributed by atoms with Crippen LogP contribution in [0.25, 0.3) is 0 Å². The van der Waals surface area contributed by atoms with Crippen molar-refractivity contribution in [2.45, 2.75) is 45.4 Å². The third kappa shape index (κ3) is 5.36. The molecule has 124 valence electrons. The normalized spacial score (nSPS) is 11.5. The molecule has 0 bridgehead atoms. The second-order valence-electron chi connectivity index (χ2n) is 6.46. The molecule has 0 aliphatic rings. The van der Waals surface area contributed by atoms with Gasteiger partial charge in [-0.1, -0.05) is 55.7 Å². The number of aryl methyl sites for hydroxylation is 1. The van der Waals surface area contributed by atoms with E-state index in [1.165, 1.54) is 0 Å². The van der Waals surface area contributed by atoms with Crippen LogP contribution in [0.15, 0.2) is 28.8 Å². The zero-order valence-electron chi connectivity index (χ0n) is 13.7. The summed E-state index contributed by atoms with van der Waals surface area (Å²) in [5.41, 5.74) is 0.820. The van der Waals surface area contributed by atoms with Crippen LogP contribution in [0.1, 0.15) is 44.5 Å². The molecule has 1 aromatic heterocycles. The summed E-state index contributed by atoms with van der Waals surface area (Å²) in [6, 6.07) is 7.56. The van der Waals surface area contributed by atoms with Crippen LogP contribution in [0.5, 0.6) is 0 Å². The van der Waals surface area contributed by atoms with Gasteiger partial charge in [0.1, 0.15) is 0 Å². The Bertz CT molecular complexity index is 662. The minimum Gasteiger partial charge on any atom is -0.356 e. The fraction of sp³-hybridized carbons (Fsp3) is 0.471. The minimum atomic E-state index is -0.163. The highest BCUT2D eigenvalue weighted by Crippen LogP contribution is 2.19. The van der Waals surface area contributed by atoms with Crippen LogP contribution < -0.4 is 5.32 Å². The standard InChI is InChI=1S/C17H22ClN3O2/c1-17(2,3)16-20-14(21-23-16)10-11-19-15(22)9-8-12-6-4-5-7-13(12)18/h4-7H,8-11H2,1-3H3,(H,19,22). The van der Waals surface area contributed by atoms with Gasteiger partial charge in [-0.25, -0.2) is 0 Å². The molecule has 6 heteroatoms. The molecule has 23 heavy (non-hydrogen) atoms. The molecule has 1 aromatic carbocycles. The fourth-order valence-corrected chi connectivity index (χ4v) is 2.24. The predicted molar refractivity (Wildman–Crippen MR) is 89.5 cm³/mol. The summed E-state index contributed by atoms with van der Waals surface area (Å²) in [6.45, 7) is 6.53. The highest BCUT2D eigenvalue weighted by atomic mass is 35.5. The molecule has 0 unspecified atom stereocenters. The summed E-state index contributed by atoms with van der Waals surface area (Å²) >= 11 is 6.07. The van der Waals surface area contributed by atoms with Crippen molar-refractivity contribution in [2.24, 2.45) is 0 Å². The zero-order valence-corrected chi connectivity index (χ0v) is 14.5. The highest BCUT2D eigenvalue weighted by molar-refractivity contribution is 6.31. The largest absolute Gasteiger partial charge is 0.356 e. The van der Waals surface area contributed by atoms with Crippen molar-refractivity contribution in [3.8, 4) is 0 Å². The number of carbonyl (C=O) groups excluding carboxylic acids is 1. The zero-order chi connectivity index (χ0) is 16.9. The summed E-state index contributed by atoms with van der Waals surface area (Å²) in [5.74, 6) is 1.21. The number of benzene rings is 1. The Morgan fingerprint density at radius 1 is 1.26 bits per heavy atom. The summed E-state index contributed by atoms with van der Waals surface area (Å²) < 4.78 is 5.22. The quantitative estimate of drug-likeness (QED) is 0.879. The van der Waals surface area contributed by atoms with Crippen LogP contribution in [-0.2, 0) is 23.1 Å². The average molecular weight is 336 g/mol. The molecule has 1 heterocycles. The van der Waals surface area contributed by atoms with E-state index in [-0.39, 0.29) is 11.3 Å². The fourth-order valence-electron chi connectivity index (χ4n) is 2.01. The van der Waals surface area contributed by atoms with Crippen molar-refractivity contribution in [2.75, 3.05) is 6.54 Å². The van der Waals surface area contributed by atoms with E-state index in [0.717, 1.165) is 5.56 Å². The Morgan fingerprint density at radius 3 is 2.65 bits per heavy atom. The summed E-state index contributed by atoms with van der Waals surface area (Å²) in [6.07, 6.45) is 1.59. The number of aromatic nitrogens is 2. The molecule has 0 aliphatic heterocycles. The number of halogens is 1.